The van der Waals surface area contributed by atoms with Gasteiger partial charge in [0.25, 0.3) is 5.91 Å². The Morgan fingerprint density at radius 3 is 2.65 bits per heavy atom. The highest BCUT2D eigenvalue weighted by Crippen LogP contribution is 2.16. The smallest absolute Gasteiger partial charge is 0.253 e. The number of carbonyl (C=O) groups is 1. The molecule has 1 aromatic carbocycles. The van der Waals surface area contributed by atoms with Crippen molar-refractivity contribution in [2.45, 2.75) is 0 Å². The SMILES string of the molecule is CN(C)C(=O)c1ccc(C=NNc2nc(N)cs2)cc1. The van der Waals surface area contributed by atoms with Crippen molar-refractivity contribution in [3.05, 3.63) is 40.8 Å². The summed E-state index contributed by atoms with van der Waals surface area (Å²) in [5, 5.41) is 6.43. The number of nitrogen functional groups attached to an aromatic ring is 1. The van der Waals surface area contributed by atoms with Gasteiger partial charge in [-0.2, -0.15) is 5.10 Å². The molecule has 7 heteroatoms. The molecule has 6 nitrogen and oxygen atoms in total. The summed E-state index contributed by atoms with van der Waals surface area (Å²) in [4.78, 5) is 17.3. The van der Waals surface area contributed by atoms with Crippen LogP contribution in [0, 0.1) is 0 Å². The Hall–Kier alpha value is -2.41. The van der Waals surface area contributed by atoms with Crippen molar-refractivity contribution in [3.63, 3.8) is 0 Å². The van der Waals surface area contributed by atoms with Gasteiger partial charge in [-0.1, -0.05) is 12.1 Å². The normalized spacial score (nSPS) is 10.7. The van der Waals surface area contributed by atoms with Crippen molar-refractivity contribution >= 4 is 34.4 Å². The number of nitrogens with zero attached hydrogens (tertiary/aromatic N) is 3. The van der Waals surface area contributed by atoms with E-state index in [9.17, 15) is 4.79 Å². The van der Waals surface area contributed by atoms with Crippen LogP contribution in [0.2, 0.25) is 0 Å². The molecule has 0 bridgehead atoms. The van der Waals surface area contributed by atoms with Gasteiger partial charge >= 0.3 is 0 Å². The number of hydrogen-bond acceptors (Lipinski definition) is 6. The molecular weight excluding hydrogens is 274 g/mol. The Morgan fingerprint density at radius 1 is 1.40 bits per heavy atom. The molecule has 2 aromatic rings. The monoisotopic (exact) mass is 289 g/mol. The maximum absolute atomic E-state index is 11.7. The van der Waals surface area contributed by atoms with Gasteiger partial charge in [-0.25, -0.2) is 4.98 Å². The van der Waals surface area contributed by atoms with Crippen molar-refractivity contribution < 1.29 is 4.79 Å². The van der Waals surface area contributed by atoms with Crippen molar-refractivity contribution in [2.75, 3.05) is 25.3 Å². The van der Waals surface area contributed by atoms with Crippen LogP contribution in [0.5, 0.6) is 0 Å². The summed E-state index contributed by atoms with van der Waals surface area (Å²) in [6.07, 6.45) is 1.65. The first kappa shape index (κ1) is 14.0. The molecule has 0 radical (unpaired) electrons. The molecular formula is C13H15N5OS. The second-order valence-corrected chi connectivity index (χ2v) is 5.13. The number of hydrazone groups is 1. The molecule has 104 valence electrons. The van der Waals surface area contributed by atoms with E-state index in [1.807, 2.05) is 12.1 Å². The molecule has 0 spiro atoms. The molecule has 1 amide bonds. The quantitative estimate of drug-likeness (QED) is 0.665. The molecule has 1 heterocycles. The van der Waals surface area contributed by atoms with E-state index in [0.717, 1.165) is 5.56 Å². The van der Waals surface area contributed by atoms with E-state index in [0.29, 0.717) is 16.5 Å². The number of anilines is 2. The van der Waals surface area contributed by atoms with Crippen molar-refractivity contribution in [2.24, 2.45) is 5.10 Å². The van der Waals surface area contributed by atoms with Gasteiger partial charge in [0, 0.05) is 25.0 Å². The van der Waals surface area contributed by atoms with Gasteiger partial charge in [0.15, 0.2) is 0 Å². The van der Waals surface area contributed by atoms with E-state index >= 15 is 0 Å². The predicted molar refractivity (Wildman–Crippen MR) is 82.2 cm³/mol. The summed E-state index contributed by atoms with van der Waals surface area (Å²) < 4.78 is 0. The zero-order valence-electron chi connectivity index (χ0n) is 11.2. The molecule has 20 heavy (non-hydrogen) atoms. The fourth-order valence-corrected chi connectivity index (χ4v) is 2.02. The molecule has 1 aromatic heterocycles. The Balaban J connectivity index is 1.98. The van der Waals surface area contributed by atoms with E-state index in [1.54, 1.807) is 37.8 Å². The predicted octanol–water partition coefficient (Wildman–Crippen LogP) is 1.87. The van der Waals surface area contributed by atoms with Crippen LogP contribution in [0.3, 0.4) is 0 Å². The number of thiazole rings is 1. The number of rotatable bonds is 4. The topological polar surface area (TPSA) is 83.6 Å². The summed E-state index contributed by atoms with van der Waals surface area (Å²) >= 11 is 1.38. The number of nitrogens with two attached hydrogens (primary N) is 1. The van der Waals surface area contributed by atoms with Crippen LogP contribution in [0.15, 0.2) is 34.7 Å². The Morgan fingerprint density at radius 2 is 2.10 bits per heavy atom. The molecule has 0 aliphatic rings. The Labute approximate surface area is 120 Å². The lowest BCUT2D eigenvalue weighted by atomic mass is 10.1. The molecule has 0 saturated carbocycles. The zero-order valence-corrected chi connectivity index (χ0v) is 12.0. The second-order valence-electron chi connectivity index (χ2n) is 4.27. The van der Waals surface area contributed by atoms with Crippen LogP contribution in [-0.2, 0) is 0 Å². The van der Waals surface area contributed by atoms with Crippen LogP contribution in [0.4, 0.5) is 10.9 Å². The largest absolute Gasteiger partial charge is 0.383 e. The third-order valence-electron chi connectivity index (χ3n) is 2.46. The fraction of sp³-hybridized carbons (Fsp3) is 0.154. The van der Waals surface area contributed by atoms with Crippen LogP contribution >= 0.6 is 11.3 Å². The van der Waals surface area contributed by atoms with E-state index in [2.05, 4.69) is 15.5 Å². The lowest BCUT2D eigenvalue weighted by molar-refractivity contribution is 0.0827. The average Bonchev–Trinajstić information content (AvgIpc) is 2.84. The first-order valence-electron chi connectivity index (χ1n) is 5.88. The molecule has 0 atom stereocenters. The number of nitrogens with one attached hydrogen (secondary N) is 1. The van der Waals surface area contributed by atoms with Gasteiger partial charge in [0.1, 0.15) is 5.82 Å². The van der Waals surface area contributed by atoms with Gasteiger partial charge in [0.2, 0.25) is 5.13 Å². The third-order valence-corrected chi connectivity index (χ3v) is 3.22. The number of amides is 1. The average molecular weight is 289 g/mol. The Bertz CT molecular complexity index is 618. The first-order chi connectivity index (χ1) is 9.56. The van der Waals surface area contributed by atoms with Gasteiger partial charge in [-0.3, -0.25) is 10.2 Å². The minimum atomic E-state index is -0.0233. The lowest BCUT2D eigenvalue weighted by Crippen LogP contribution is -2.21. The molecule has 0 aliphatic carbocycles. The molecule has 0 unspecified atom stereocenters. The molecule has 0 saturated heterocycles. The summed E-state index contributed by atoms with van der Waals surface area (Å²) in [5.41, 5.74) is 9.83. The highest BCUT2D eigenvalue weighted by atomic mass is 32.1. The maximum Gasteiger partial charge on any atom is 0.253 e. The molecule has 0 fully saturated rings. The van der Waals surface area contributed by atoms with Gasteiger partial charge in [0.05, 0.1) is 6.21 Å². The van der Waals surface area contributed by atoms with Gasteiger partial charge in [-0.05, 0) is 17.7 Å². The van der Waals surface area contributed by atoms with Crippen LogP contribution in [-0.4, -0.2) is 36.1 Å². The fourth-order valence-electron chi connectivity index (χ4n) is 1.47. The van der Waals surface area contributed by atoms with Crippen LogP contribution in [0.1, 0.15) is 15.9 Å². The highest BCUT2D eigenvalue weighted by Gasteiger charge is 2.06. The van der Waals surface area contributed by atoms with Gasteiger partial charge in [-0.15, -0.1) is 11.3 Å². The zero-order chi connectivity index (χ0) is 14.5. The minimum Gasteiger partial charge on any atom is -0.383 e. The standard InChI is InChI=1S/C13H15N5OS/c1-18(2)12(19)10-5-3-9(4-6-10)7-15-17-13-16-11(14)8-20-13/h3-8H,14H2,1-2H3,(H,16,17). The van der Waals surface area contributed by atoms with E-state index in [4.69, 9.17) is 5.73 Å². The minimum absolute atomic E-state index is 0.0233. The van der Waals surface area contributed by atoms with E-state index in [-0.39, 0.29) is 5.91 Å². The van der Waals surface area contributed by atoms with Gasteiger partial charge < -0.3 is 10.6 Å². The summed E-state index contributed by atoms with van der Waals surface area (Å²) in [6, 6.07) is 7.20. The number of benzene rings is 1. The van der Waals surface area contributed by atoms with E-state index in [1.165, 1.54) is 16.2 Å². The third kappa shape index (κ3) is 3.55. The first-order valence-corrected chi connectivity index (χ1v) is 6.76. The molecule has 0 aliphatic heterocycles. The molecule has 2 rings (SSSR count). The number of hydrogen-bond donors (Lipinski definition) is 2. The van der Waals surface area contributed by atoms with E-state index < -0.39 is 0 Å². The highest BCUT2D eigenvalue weighted by molar-refractivity contribution is 7.14. The summed E-state index contributed by atoms with van der Waals surface area (Å²) in [5.74, 6) is 0.448. The number of carbonyl (C=O) groups excluding carboxylic acids is 1. The summed E-state index contributed by atoms with van der Waals surface area (Å²) in [6.45, 7) is 0. The number of aromatic nitrogens is 1. The lowest BCUT2D eigenvalue weighted by Gasteiger charge is -2.09. The van der Waals surface area contributed by atoms with Crippen LogP contribution in [0.25, 0.3) is 0 Å². The maximum atomic E-state index is 11.7. The van der Waals surface area contributed by atoms with Crippen molar-refractivity contribution in [1.29, 1.82) is 0 Å². The van der Waals surface area contributed by atoms with Crippen LogP contribution < -0.4 is 11.2 Å². The summed E-state index contributed by atoms with van der Waals surface area (Å²) in [7, 11) is 3.45. The van der Waals surface area contributed by atoms with Crippen molar-refractivity contribution in [1.82, 2.24) is 9.88 Å². The van der Waals surface area contributed by atoms with Crippen molar-refractivity contribution in [3.8, 4) is 0 Å². The second kappa shape index (κ2) is 6.16. The Kier molecular flexibility index (Phi) is 4.31. The molecule has 3 N–H and O–H groups in total.